The van der Waals surface area contributed by atoms with E-state index in [0.717, 1.165) is 56.3 Å². The normalized spacial score (nSPS) is 10.0. The van der Waals surface area contributed by atoms with Crippen LogP contribution in [-0.4, -0.2) is 68.5 Å². The molecule has 0 saturated heterocycles. The van der Waals surface area contributed by atoms with E-state index in [1.54, 1.807) is 0 Å². The summed E-state index contributed by atoms with van der Waals surface area (Å²) < 4.78 is 14.8. The second kappa shape index (κ2) is 23.4. The molecule has 0 spiro atoms. The van der Waals surface area contributed by atoms with Crippen molar-refractivity contribution in [1.29, 1.82) is 0 Å². The van der Waals surface area contributed by atoms with Crippen molar-refractivity contribution in [3.05, 3.63) is 38.0 Å². The summed E-state index contributed by atoms with van der Waals surface area (Å²) in [6, 6.07) is -0.486. The van der Waals surface area contributed by atoms with E-state index in [4.69, 9.17) is 14.2 Å². The molecule has 0 radical (unpaired) electrons. The molecular weight excluding hydrogens is 466 g/mol. The minimum atomic E-state index is -0.702. The maximum atomic E-state index is 12.5. The van der Waals surface area contributed by atoms with Crippen molar-refractivity contribution in [3.63, 3.8) is 0 Å². The van der Waals surface area contributed by atoms with E-state index in [0.29, 0.717) is 25.9 Å². The number of nitrogens with zero attached hydrogens (tertiary/aromatic N) is 1. The molecule has 0 fully saturated rings. The number of esters is 1. The number of hydrogen-bond donors (Lipinski definition) is 2. The summed E-state index contributed by atoms with van der Waals surface area (Å²) in [7, 11) is 0. The predicted molar refractivity (Wildman–Crippen MR) is 139 cm³/mol. The van der Waals surface area contributed by atoms with Crippen LogP contribution in [0.25, 0.3) is 0 Å². The monoisotopic (exact) mass is 509 g/mol. The van der Waals surface area contributed by atoms with Gasteiger partial charge in [0.05, 0.1) is 0 Å². The van der Waals surface area contributed by atoms with Crippen LogP contribution < -0.4 is 10.6 Å². The Bertz CT molecular complexity index is 682. The van der Waals surface area contributed by atoms with Gasteiger partial charge in [0.15, 0.2) is 0 Å². The average Bonchev–Trinajstić information content (AvgIpc) is 2.87. The van der Waals surface area contributed by atoms with Crippen LogP contribution in [0.3, 0.4) is 0 Å². The molecule has 204 valence electrons. The second-order valence-electron chi connectivity index (χ2n) is 7.97. The highest BCUT2D eigenvalue weighted by Crippen LogP contribution is 2.08. The number of ether oxygens (including phenoxy) is 3. The fourth-order valence-corrected chi connectivity index (χ4v) is 3.05. The average molecular weight is 510 g/mol. The zero-order valence-corrected chi connectivity index (χ0v) is 21.5. The van der Waals surface area contributed by atoms with Gasteiger partial charge < -0.3 is 24.8 Å². The molecule has 0 heterocycles. The van der Waals surface area contributed by atoms with Crippen LogP contribution in [0.2, 0.25) is 0 Å². The molecule has 0 unspecified atom stereocenters. The van der Waals surface area contributed by atoms with Crippen molar-refractivity contribution in [2.45, 2.75) is 64.2 Å². The topological polar surface area (TPSA) is 123 Å². The summed E-state index contributed by atoms with van der Waals surface area (Å²) in [6.07, 6.45) is 10.9. The molecule has 4 amide bonds. The fourth-order valence-electron chi connectivity index (χ4n) is 3.05. The van der Waals surface area contributed by atoms with Gasteiger partial charge in [0.25, 0.3) is 0 Å². The number of alkyl carbamates (subject to hydrolysis) is 1. The van der Waals surface area contributed by atoms with Crippen molar-refractivity contribution >= 4 is 24.2 Å². The Labute approximate surface area is 215 Å². The third-order valence-corrected chi connectivity index (χ3v) is 4.90. The summed E-state index contributed by atoms with van der Waals surface area (Å²) >= 11 is 0. The molecule has 0 rings (SSSR count). The molecule has 0 aromatic heterocycles. The lowest BCUT2D eigenvalue weighted by Crippen LogP contribution is -2.45. The first kappa shape index (κ1) is 32.7. The zero-order chi connectivity index (χ0) is 26.9. The van der Waals surface area contributed by atoms with Crippen molar-refractivity contribution in [2.75, 3.05) is 39.5 Å². The van der Waals surface area contributed by atoms with Gasteiger partial charge >= 0.3 is 24.2 Å². The third-order valence-electron chi connectivity index (χ3n) is 4.90. The van der Waals surface area contributed by atoms with Crippen LogP contribution in [0.15, 0.2) is 38.0 Å². The van der Waals surface area contributed by atoms with Crippen LogP contribution in [0.5, 0.6) is 0 Å². The Morgan fingerprint density at radius 2 is 1.17 bits per heavy atom. The number of amides is 4. The van der Waals surface area contributed by atoms with Crippen LogP contribution in [0.1, 0.15) is 64.2 Å². The van der Waals surface area contributed by atoms with Crippen molar-refractivity contribution in [2.24, 2.45) is 0 Å². The number of unbranched alkanes of at least 4 members (excludes halogenated alkanes) is 7. The van der Waals surface area contributed by atoms with Crippen molar-refractivity contribution in [1.82, 2.24) is 15.5 Å². The lowest BCUT2D eigenvalue weighted by atomic mass is 10.1. The summed E-state index contributed by atoms with van der Waals surface area (Å²) in [6.45, 7) is 12.1. The minimum absolute atomic E-state index is 0.0275. The van der Waals surface area contributed by atoms with E-state index < -0.39 is 18.2 Å². The van der Waals surface area contributed by atoms with Gasteiger partial charge in [0, 0.05) is 26.1 Å². The summed E-state index contributed by atoms with van der Waals surface area (Å²) in [5.41, 5.74) is 0. The number of rotatable bonds is 21. The molecule has 0 saturated carbocycles. The van der Waals surface area contributed by atoms with Crippen LogP contribution in [0, 0.1) is 0 Å². The van der Waals surface area contributed by atoms with Crippen LogP contribution >= 0.6 is 0 Å². The molecule has 10 heteroatoms. The number of carbonyl (C=O) groups excluding carboxylic acids is 4. The van der Waals surface area contributed by atoms with E-state index in [2.05, 4.69) is 30.4 Å². The molecule has 0 aliphatic heterocycles. The van der Waals surface area contributed by atoms with Gasteiger partial charge in [0.2, 0.25) is 0 Å². The molecule has 0 atom stereocenters. The fraction of sp³-hybridized carbons (Fsp3) is 0.615. The quantitative estimate of drug-likeness (QED) is 0.0980. The standard InChI is InChI=1S/C26H43N3O7/c1-4-20-34-23(30)16-12-8-7-11-15-19-29(26(33)36-22-6-3)24(31)27-17-13-9-10-14-18-28-25(32)35-21-5-2/h4-6H,1-3,7-22H2,(H,27,31)(H,28,32). The Morgan fingerprint density at radius 1 is 0.639 bits per heavy atom. The highest BCUT2D eigenvalue weighted by Gasteiger charge is 2.21. The first-order chi connectivity index (χ1) is 17.5. The Hall–Kier alpha value is -3.30. The number of nitrogens with one attached hydrogen (secondary N) is 2. The van der Waals surface area contributed by atoms with Gasteiger partial charge in [0.1, 0.15) is 19.8 Å². The molecule has 0 aromatic rings. The highest BCUT2D eigenvalue weighted by molar-refractivity contribution is 5.90. The first-order valence-corrected chi connectivity index (χ1v) is 12.6. The lowest BCUT2D eigenvalue weighted by molar-refractivity contribution is -0.142. The van der Waals surface area contributed by atoms with Gasteiger partial charge in [-0.05, 0) is 25.7 Å². The lowest BCUT2D eigenvalue weighted by Gasteiger charge is -2.20. The van der Waals surface area contributed by atoms with Crippen LogP contribution in [-0.2, 0) is 19.0 Å². The van der Waals surface area contributed by atoms with E-state index in [9.17, 15) is 19.2 Å². The summed E-state index contributed by atoms with van der Waals surface area (Å²) in [5.74, 6) is -0.233. The predicted octanol–water partition coefficient (Wildman–Crippen LogP) is 4.86. The number of hydrogen-bond acceptors (Lipinski definition) is 7. The Morgan fingerprint density at radius 3 is 1.83 bits per heavy atom. The Balaban J connectivity index is 4.12. The van der Waals surface area contributed by atoms with Crippen LogP contribution in [0.4, 0.5) is 14.4 Å². The smallest absolute Gasteiger partial charge is 0.418 e. The molecule has 36 heavy (non-hydrogen) atoms. The first-order valence-electron chi connectivity index (χ1n) is 12.6. The maximum Gasteiger partial charge on any atom is 0.418 e. The van der Waals surface area contributed by atoms with Gasteiger partial charge in [-0.15, -0.1) is 0 Å². The van der Waals surface area contributed by atoms with Crippen molar-refractivity contribution in [3.8, 4) is 0 Å². The largest absolute Gasteiger partial charge is 0.461 e. The molecule has 0 bridgehead atoms. The van der Waals surface area contributed by atoms with Gasteiger partial charge in [-0.25, -0.2) is 19.3 Å². The van der Waals surface area contributed by atoms with Gasteiger partial charge in [-0.1, -0.05) is 70.1 Å². The van der Waals surface area contributed by atoms with Crippen molar-refractivity contribution < 1.29 is 33.4 Å². The Kier molecular flexibility index (Phi) is 21.3. The molecule has 2 N–H and O–H groups in total. The molecule has 0 aliphatic rings. The third kappa shape index (κ3) is 19.1. The maximum absolute atomic E-state index is 12.5. The molecule has 0 aliphatic carbocycles. The molecule has 0 aromatic carbocycles. The van der Waals surface area contributed by atoms with E-state index in [1.165, 1.54) is 18.2 Å². The number of urea groups is 1. The van der Waals surface area contributed by atoms with E-state index in [-0.39, 0.29) is 32.3 Å². The SMILES string of the molecule is C=CCOC(=O)CCCCCCCN(C(=O)NCCCCCCNC(=O)OCC=C)C(=O)OCC=C. The summed E-state index contributed by atoms with van der Waals surface area (Å²) in [5, 5.41) is 5.42. The molecular formula is C26H43N3O7. The number of imide groups is 1. The van der Waals surface area contributed by atoms with Gasteiger partial charge in [-0.3, -0.25) is 4.79 Å². The number of carbonyl (C=O) groups is 4. The molecule has 10 nitrogen and oxygen atoms in total. The second-order valence-corrected chi connectivity index (χ2v) is 7.97. The minimum Gasteiger partial charge on any atom is -0.461 e. The zero-order valence-electron chi connectivity index (χ0n) is 21.5. The van der Waals surface area contributed by atoms with E-state index in [1.807, 2.05) is 0 Å². The highest BCUT2D eigenvalue weighted by atomic mass is 16.6. The summed E-state index contributed by atoms with van der Waals surface area (Å²) in [4.78, 5) is 48.6. The van der Waals surface area contributed by atoms with E-state index >= 15 is 0 Å². The van der Waals surface area contributed by atoms with Gasteiger partial charge in [-0.2, -0.15) is 0 Å².